The Kier molecular flexibility index (Phi) is 5.78. The average Bonchev–Trinajstić information content (AvgIpc) is 3.45. The van der Waals surface area contributed by atoms with Crippen LogP contribution in [-0.4, -0.2) is 19.5 Å². The van der Waals surface area contributed by atoms with E-state index < -0.39 is 0 Å². The second-order valence-corrected chi connectivity index (χ2v) is 11.2. The third-order valence-electron chi connectivity index (χ3n) is 8.70. The minimum absolute atomic E-state index is 0.823. The van der Waals surface area contributed by atoms with Crippen molar-refractivity contribution in [3.8, 4) is 39.6 Å². The molecule has 210 valence electrons. The highest BCUT2D eigenvalue weighted by molar-refractivity contribution is 6.21. The number of benzene rings is 5. The highest BCUT2D eigenvalue weighted by Gasteiger charge is 2.18. The molecule has 0 unspecified atom stereocenters. The first-order chi connectivity index (χ1) is 22.3. The third-order valence-corrected chi connectivity index (χ3v) is 8.70. The van der Waals surface area contributed by atoms with Crippen molar-refractivity contribution < 1.29 is 0 Å². The number of hydrogen-bond donors (Lipinski definition) is 0. The van der Waals surface area contributed by atoms with E-state index in [1.165, 1.54) is 32.7 Å². The van der Waals surface area contributed by atoms with Crippen LogP contribution in [0.1, 0.15) is 0 Å². The van der Waals surface area contributed by atoms with Gasteiger partial charge in [-0.05, 0) is 69.1 Å². The first-order valence-corrected chi connectivity index (χ1v) is 15.1. The summed E-state index contributed by atoms with van der Waals surface area (Å²) >= 11 is 0. The van der Waals surface area contributed by atoms with Crippen LogP contribution in [0.5, 0.6) is 0 Å². The van der Waals surface area contributed by atoms with Crippen molar-refractivity contribution in [1.82, 2.24) is 19.5 Å². The van der Waals surface area contributed by atoms with E-state index in [-0.39, 0.29) is 0 Å². The molecule has 4 heterocycles. The van der Waals surface area contributed by atoms with Crippen molar-refractivity contribution in [3.63, 3.8) is 0 Å². The molecular formula is C41H26N4. The van der Waals surface area contributed by atoms with Crippen LogP contribution in [-0.2, 0) is 0 Å². The lowest BCUT2D eigenvalue weighted by atomic mass is 9.87. The molecule has 9 rings (SSSR count). The molecule has 0 saturated carbocycles. The number of aromatic nitrogens is 4. The zero-order chi connectivity index (χ0) is 29.7. The molecule has 0 aliphatic carbocycles. The van der Waals surface area contributed by atoms with Crippen molar-refractivity contribution in [2.45, 2.75) is 0 Å². The Bertz CT molecular complexity index is 2440. The number of fused-ring (bicyclic) bond motifs is 5. The minimum Gasteiger partial charge on any atom is -0.294 e. The van der Waals surface area contributed by atoms with E-state index in [0.717, 1.165) is 50.3 Å². The van der Waals surface area contributed by atoms with Gasteiger partial charge in [0.25, 0.3) is 0 Å². The molecule has 0 aliphatic heterocycles. The van der Waals surface area contributed by atoms with Gasteiger partial charge in [0, 0.05) is 28.7 Å². The summed E-state index contributed by atoms with van der Waals surface area (Å²) in [7, 11) is 0. The lowest BCUT2D eigenvalue weighted by Gasteiger charge is -2.17. The first kappa shape index (κ1) is 25.4. The van der Waals surface area contributed by atoms with Gasteiger partial charge in [-0.3, -0.25) is 9.55 Å². The Morgan fingerprint density at radius 2 is 0.933 bits per heavy atom. The lowest BCUT2D eigenvalue weighted by Crippen LogP contribution is -1.99. The van der Waals surface area contributed by atoms with E-state index in [1.54, 1.807) is 0 Å². The Balaban J connectivity index is 1.25. The normalized spacial score (nSPS) is 11.6. The van der Waals surface area contributed by atoms with E-state index in [0.29, 0.717) is 0 Å². The number of rotatable bonds is 4. The fourth-order valence-electron chi connectivity index (χ4n) is 6.79. The summed E-state index contributed by atoms with van der Waals surface area (Å²) in [4.78, 5) is 14.9. The number of nitrogens with zero attached hydrogens (tertiary/aromatic N) is 4. The zero-order valence-corrected chi connectivity index (χ0v) is 24.3. The van der Waals surface area contributed by atoms with Crippen LogP contribution in [0.25, 0.3) is 82.9 Å². The number of hydrogen-bond acceptors (Lipinski definition) is 3. The molecule has 0 aliphatic rings. The summed E-state index contributed by atoms with van der Waals surface area (Å²) in [6.45, 7) is 0. The molecule has 4 heteroatoms. The van der Waals surface area contributed by atoms with Gasteiger partial charge in [-0.2, -0.15) is 0 Å². The quantitative estimate of drug-likeness (QED) is 0.196. The molecule has 5 aromatic carbocycles. The van der Waals surface area contributed by atoms with E-state index in [2.05, 4.69) is 143 Å². The van der Waals surface area contributed by atoms with Crippen LogP contribution in [0.3, 0.4) is 0 Å². The molecule has 0 saturated heterocycles. The molecule has 4 nitrogen and oxygen atoms in total. The fraction of sp³-hybridized carbons (Fsp3) is 0. The van der Waals surface area contributed by atoms with Crippen LogP contribution in [0.15, 0.2) is 158 Å². The molecule has 0 bridgehead atoms. The van der Waals surface area contributed by atoms with Crippen molar-refractivity contribution in [3.05, 3.63) is 158 Å². The van der Waals surface area contributed by atoms with Gasteiger partial charge in [0.15, 0.2) is 0 Å². The standard InChI is InChI=1S/C41H26N4/c1-2-12-27(13-3-1)40-29-15-4-6-17-31(29)41(32-18-7-5-16-30(32)40)36-21-10-19-34(43-36)35-20-11-23-39(44-35)45-37-22-9-8-14-28(37)33-26-42-25-24-38(33)45/h1-26H. The highest BCUT2D eigenvalue weighted by atomic mass is 15.1. The maximum atomic E-state index is 5.28. The van der Waals surface area contributed by atoms with E-state index >= 15 is 0 Å². The molecule has 0 spiro atoms. The second kappa shape index (κ2) is 10.2. The van der Waals surface area contributed by atoms with Crippen molar-refractivity contribution in [1.29, 1.82) is 0 Å². The number of pyridine rings is 3. The van der Waals surface area contributed by atoms with Crippen LogP contribution in [0.4, 0.5) is 0 Å². The van der Waals surface area contributed by atoms with E-state index in [4.69, 9.17) is 9.97 Å². The van der Waals surface area contributed by atoms with Crippen molar-refractivity contribution in [2.75, 3.05) is 0 Å². The SMILES string of the molecule is c1ccc(-c2c3ccccc3c(-c3cccc(-c4cccc(-n5c6ccccc6c6cnccc65)n4)n3)c3ccccc23)cc1. The summed E-state index contributed by atoms with van der Waals surface area (Å²) in [5.74, 6) is 0.847. The summed E-state index contributed by atoms with van der Waals surface area (Å²) < 4.78 is 2.21. The monoisotopic (exact) mass is 574 g/mol. The Morgan fingerprint density at radius 1 is 0.378 bits per heavy atom. The Hall–Kier alpha value is -6.13. The van der Waals surface area contributed by atoms with Gasteiger partial charge >= 0.3 is 0 Å². The second-order valence-electron chi connectivity index (χ2n) is 11.2. The van der Waals surface area contributed by atoms with Crippen molar-refractivity contribution in [2.24, 2.45) is 0 Å². The molecule has 45 heavy (non-hydrogen) atoms. The van der Waals surface area contributed by atoms with Gasteiger partial charge in [0.2, 0.25) is 0 Å². The third kappa shape index (κ3) is 4.04. The molecule has 9 aromatic rings. The fourth-order valence-corrected chi connectivity index (χ4v) is 6.79. The van der Waals surface area contributed by atoms with Gasteiger partial charge in [0.1, 0.15) is 5.82 Å². The summed E-state index contributed by atoms with van der Waals surface area (Å²) in [6.07, 6.45) is 3.77. The van der Waals surface area contributed by atoms with Crippen LogP contribution in [0.2, 0.25) is 0 Å². The van der Waals surface area contributed by atoms with Crippen LogP contribution >= 0.6 is 0 Å². The summed E-state index contributed by atoms with van der Waals surface area (Å²) in [5, 5.41) is 7.06. The smallest absolute Gasteiger partial charge is 0.138 e. The molecular weight excluding hydrogens is 548 g/mol. The van der Waals surface area contributed by atoms with Gasteiger partial charge in [-0.15, -0.1) is 0 Å². The Morgan fingerprint density at radius 3 is 1.67 bits per heavy atom. The maximum absolute atomic E-state index is 5.28. The van der Waals surface area contributed by atoms with Crippen LogP contribution in [0, 0.1) is 0 Å². The van der Waals surface area contributed by atoms with Gasteiger partial charge < -0.3 is 0 Å². The predicted molar refractivity (Wildman–Crippen MR) is 185 cm³/mol. The number of para-hydroxylation sites is 1. The highest BCUT2D eigenvalue weighted by Crippen LogP contribution is 2.43. The Labute approximate surface area is 259 Å². The summed E-state index contributed by atoms with van der Waals surface area (Å²) in [5.41, 5.74) is 8.35. The van der Waals surface area contributed by atoms with Gasteiger partial charge in [-0.25, -0.2) is 9.97 Å². The average molecular weight is 575 g/mol. The maximum Gasteiger partial charge on any atom is 0.138 e. The van der Waals surface area contributed by atoms with Crippen LogP contribution < -0.4 is 0 Å². The molecule has 0 radical (unpaired) electrons. The molecule has 0 amide bonds. The molecule has 0 atom stereocenters. The minimum atomic E-state index is 0.823. The van der Waals surface area contributed by atoms with Crippen molar-refractivity contribution >= 4 is 43.4 Å². The zero-order valence-electron chi connectivity index (χ0n) is 24.3. The molecule has 4 aromatic heterocycles. The van der Waals surface area contributed by atoms with E-state index in [9.17, 15) is 0 Å². The van der Waals surface area contributed by atoms with E-state index in [1.807, 2.05) is 24.5 Å². The predicted octanol–water partition coefficient (Wildman–Crippen LogP) is 10.3. The summed E-state index contributed by atoms with van der Waals surface area (Å²) in [6, 6.07) is 50.9. The molecule has 0 N–H and O–H groups in total. The largest absolute Gasteiger partial charge is 0.294 e. The van der Waals surface area contributed by atoms with Gasteiger partial charge in [-0.1, -0.05) is 109 Å². The van der Waals surface area contributed by atoms with Gasteiger partial charge in [0.05, 0.1) is 28.1 Å². The first-order valence-electron chi connectivity index (χ1n) is 15.1. The topological polar surface area (TPSA) is 43.6 Å². The lowest BCUT2D eigenvalue weighted by molar-refractivity contribution is 1.08. The molecule has 0 fully saturated rings.